The molecule has 0 bridgehead atoms. The van der Waals surface area contributed by atoms with Crippen molar-refractivity contribution < 1.29 is 23.1 Å². The molecule has 2 aromatic carbocycles. The van der Waals surface area contributed by atoms with Crippen molar-refractivity contribution in [1.82, 2.24) is 9.80 Å². The molecule has 0 radical (unpaired) electrons. The molecule has 0 spiro atoms. The summed E-state index contributed by atoms with van der Waals surface area (Å²) in [6.45, 7) is -1.33. The lowest BCUT2D eigenvalue weighted by molar-refractivity contribution is -0.155. The Morgan fingerprint density at radius 1 is 1.16 bits per heavy atom. The molecule has 1 heterocycles. The first kappa shape index (κ1) is 22.0. The Bertz CT molecular complexity index is 1090. The number of rotatable bonds is 5. The van der Waals surface area contributed by atoms with E-state index < -0.39 is 18.1 Å². The lowest BCUT2D eigenvalue weighted by atomic mass is 9.86. The van der Waals surface area contributed by atoms with E-state index in [2.05, 4.69) is 10.8 Å². The summed E-state index contributed by atoms with van der Waals surface area (Å²) >= 11 is 0. The average molecular weight is 425 g/mol. The minimum absolute atomic E-state index is 0.0182. The Hall–Kier alpha value is -3.73. The van der Waals surface area contributed by atoms with Gasteiger partial charge >= 0.3 is 6.61 Å². The zero-order valence-corrected chi connectivity index (χ0v) is 17.3. The summed E-state index contributed by atoms with van der Waals surface area (Å²) in [4.78, 5) is 29.1. The lowest BCUT2D eigenvalue weighted by Crippen LogP contribution is -2.64. The van der Waals surface area contributed by atoms with E-state index in [4.69, 9.17) is 0 Å². The molecule has 0 N–H and O–H groups in total. The van der Waals surface area contributed by atoms with Gasteiger partial charge < -0.3 is 14.5 Å². The second kappa shape index (κ2) is 8.56. The molecule has 6 nitrogen and oxygen atoms in total. The number of likely N-dealkylation sites (N-methyl/N-ethyl adjacent to an activating group) is 2. The minimum Gasteiger partial charge on any atom is -0.435 e. The van der Waals surface area contributed by atoms with Gasteiger partial charge in [0.05, 0.1) is 11.6 Å². The molecule has 31 heavy (non-hydrogen) atoms. The molecule has 1 saturated heterocycles. The molecule has 1 aliphatic rings. The molecule has 1 aliphatic heterocycles. The summed E-state index contributed by atoms with van der Waals surface area (Å²) in [6.07, 6.45) is 1.63. The molecule has 1 fully saturated rings. The number of hydrogen-bond donors (Lipinski definition) is 0. The largest absolute Gasteiger partial charge is 0.435 e. The fraction of sp³-hybridized carbons (Fsp3) is 0.261. The maximum Gasteiger partial charge on any atom is 0.387 e. The topological polar surface area (TPSA) is 73.6 Å². The number of hydrogen-bond acceptors (Lipinski definition) is 4. The van der Waals surface area contributed by atoms with Crippen molar-refractivity contribution in [2.75, 3.05) is 14.1 Å². The number of ether oxygens (including phenoxy) is 1. The third kappa shape index (κ3) is 4.26. The van der Waals surface area contributed by atoms with Crippen LogP contribution >= 0.6 is 0 Å². The number of halogens is 2. The van der Waals surface area contributed by atoms with Crippen molar-refractivity contribution in [2.24, 2.45) is 0 Å². The first-order chi connectivity index (χ1) is 14.7. The summed E-state index contributed by atoms with van der Waals surface area (Å²) < 4.78 is 29.5. The van der Waals surface area contributed by atoms with E-state index >= 15 is 0 Å². The molecule has 0 aromatic heterocycles. The van der Waals surface area contributed by atoms with Gasteiger partial charge in [0.25, 0.3) is 11.8 Å². The van der Waals surface area contributed by atoms with Gasteiger partial charge in [-0.05, 0) is 42.3 Å². The fourth-order valence-corrected chi connectivity index (χ4v) is 3.61. The molecule has 2 amide bonds. The molecule has 0 saturated carbocycles. The van der Waals surface area contributed by atoms with Gasteiger partial charge in [-0.25, -0.2) is 0 Å². The summed E-state index contributed by atoms with van der Waals surface area (Å²) in [7, 11) is 3.03. The van der Waals surface area contributed by atoms with Gasteiger partial charge in [-0.3, -0.25) is 9.59 Å². The van der Waals surface area contributed by atoms with Gasteiger partial charge in [0.15, 0.2) is 0 Å². The predicted molar refractivity (Wildman–Crippen MR) is 110 cm³/mol. The zero-order chi connectivity index (χ0) is 22.8. The maximum atomic E-state index is 13.3. The molecule has 160 valence electrons. The van der Waals surface area contributed by atoms with E-state index in [9.17, 15) is 23.6 Å². The van der Waals surface area contributed by atoms with Crippen LogP contribution in [-0.2, 0) is 16.0 Å². The first-order valence-corrected chi connectivity index (χ1v) is 9.48. The van der Waals surface area contributed by atoms with Gasteiger partial charge in [0.1, 0.15) is 17.0 Å². The molecule has 8 heteroatoms. The van der Waals surface area contributed by atoms with Crippen molar-refractivity contribution in [3.05, 3.63) is 70.9 Å². The van der Waals surface area contributed by atoms with E-state index in [1.165, 1.54) is 42.1 Å². The van der Waals surface area contributed by atoms with Crippen LogP contribution in [0.5, 0.6) is 5.75 Å². The van der Waals surface area contributed by atoms with E-state index in [0.29, 0.717) is 16.7 Å². The van der Waals surface area contributed by atoms with Crippen molar-refractivity contribution in [1.29, 1.82) is 5.26 Å². The van der Waals surface area contributed by atoms with Crippen molar-refractivity contribution in [2.45, 2.75) is 25.5 Å². The number of piperazine rings is 1. The number of alkyl halides is 2. The standard InChI is InChI=1S/C23H21F2N3O3/c1-23(13-15-7-6-10-18(11-15)31-22(24)25)21(30)27(2)19(20(29)28(23)3)12-16-8-4-5-9-17(16)14-26/h4-12,22H,13H2,1-3H3/b19-12-. The summed E-state index contributed by atoms with van der Waals surface area (Å²) in [5.74, 6) is -0.747. The molecular formula is C23H21F2N3O3. The second-order valence-corrected chi connectivity index (χ2v) is 7.43. The van der Waals surface area contributed by atoms with E-state index in [1.807, 2.05) is 0 Å². The van der Waals surface area contributed by atoms with Crippen LogP contribution in [0.2, 0.25) is 0 Å². The Balaban J connectivity index is 1.94. The quantitative estimate of drug-likeness (QED) is 0.688. The summed E-state index contributed by atoms with van der Waals surface area (Å²) in [5.41, 5.74) is 0.394. The van der Waals surface area contributed by atoms with Crippen LogP contribution in [0.1, 0.15) is 23.6 Å². The number of nitriles is 1. The van der Waals surface area contributed by atoms with Crippen LogP contribution in [0.3, 0.4) is 0 Å². The lowest BCUT2D eigenvalue weighted by Gasteiger charge is -2.45. The Labute approximate surface area is 178 Å². The number of amides is 2. The fourth-order valence-electron chi connectivity index (χ4n) is 3.61. The van der Waals surface area contributed by atoms with Crippen LogP contribution in [0.4, 0.5) is 8.78 Å². The maximum absolute atomic E-state index is 13.3. The molecule has 3 rings (SSSR count). The number of carbonyl (C=O) groups is 2. The number of carbonyl (C=O) groups excluding carboxylic acids is 2. The van der Waals surface area contributed by atoms with Crippen LogP contribution in [-0.4, -0.2) is 47.9 Å². The van der Waals surface area contributed by atoms with Crippen molar-refractivity contribution in [3.63, 3.8) is 0 Å². The van der Waals surface area contributed by atoms with Gasteiger partial charge in [-0.2, -0.15) is 14.0 Å². The third-order valence-electron chi connectivity index (χ3n) is 5.44. The first-order valence-electron chi connectivity index (χ1n) is 9.48. The monoisotopic (exact) mass is 425 g/mol. The molecule has 1 unspecified atom stereocenters. The number of benzene rings is 2. The molecule has 2 aromatic rings. The highest BCUT2D eigenvalue weighted by Gasteiger charge is 2.48. The molecular weight excluding hydrogens is 404 g/mol. The Morgan fingerprint density at radius 2 is 1.87 bits per heavy atom. The Kier molecular flexibility index (Phi) is 6.07. The Morgan fingerprint density at radius 3 is 2.55 bits per heavy atom. The van der Waals surface area contributed by atoms with Gasteiger partial charge in [0.2, 0.25) is 0 Å². The van der Waals surface area contributed by atoms with Gasteiger partial charge in [-0.1, -0.05) is 30.3 Å². The summed E-state index contributed by atoms with van der Waals surface area (Å²) in [6, 6.07) is 14.9. The number of nitrogens with zero attached hydrogens (tertiary/aromatic N) is 3. The van der Waals surface area contributed by atoms with Crippen LogP contribution < -0.4 is 4.74 Å². The minimum atomic E-state index is -2.96. The normalized spacial score (nSPS) is 20.4. The molecule has 1 atom stereocenters. The highest BCUT2D eigenvalue weighted by Crippen LogP contribution is 2.32. The van der Waals surface area contributed by atoms with Crippen LogP contribution in [0.25, 0.3) is 6.08 Å². The van der Waals surface area contributed by atoms with Crippen LogP contribution in [0.15, 0.2) is 54.2 Å². The molecule has 0 aliphatic carbocycles. The van der Waals surface area contributed by atoms with E-state index in [-0.39, 0.29) is 23.8 Å². The van der Waals surface area contributed by atoms with E-state index in [1.54, 1.807) is 43.3 Å². The highest BCUT2D eigenvalue weighted by atomic mass is 19.3. The summed E-state index contributed by atoms with van der Waals surface area (Å²) in [5, 5.41) is 9.30. The van der Waals surface area contributed by atoms with Gasteiger partial charge in [-0.15, -0.1) is 0 Å². The van der Waals surface area contributed by atoms with Gasteiger partial charge in [0, 0.05) is 20.5 Å². The SMILES string of the molecule is CN1C(=O)C(C)(Cc2cccc(OC(F)F)c2)N(C)C(=O)/C1=C/c1ccccc1C#N. The van der Waals surface area contributed by atoms with Crippen LogP contribution in [0, 0.1) is 11.3 Å². The smallest absolute Gasteiger partial charge is 0.387 e. The zero-order valence-electron chi connectivity index (χ0n) is 17.3. The van der Waals surface area contributed by atoms with Crippen molar-refractivity contribution in [3.8, 4) is 11.8 Å². The predicted octanol–water partition coefficient (Wildman–Crippen LogP) is 3.43. The third-order valence-corrected chi connectivity index (χ3v) is 5.44. The average Bonchev–Trinajstić information content (AvgIpc) is 2.74. The van der Waals surface area contributed by atoms with Crippen molar-refractivity contribution >= 4 is 17.9 Å². The van der Waals surface area contributed by atoms with E-state index in [0.717, 1.165) is 0 Å². The highest BCUT2D eigenvalue weighted by molar-refractivity contribution is 6.08. The second-order valence-electron chi connectivity index (χ2n) is 7.43.